The summed E-state index contributed by atoms with van der Waals surface area (Å²) in [5.74, 6) is 0.653. The minimum atomic E-state index is 0.653. The van der Waals surface area contributed by atoms with Gasteiger partial charge in [0, 0.05) is 31.2 Å². The van der Waals surface area contributed by atoms with Crippen molar-refractivity contribution < 1.29 is 4.74 Å². The lowest BCUT2D eigenvalue weighted by molar-refractivity contribution is 0.397. The molecule has 0 saturated heterocycles. The van der Waals surface area contributed by atoms with Crippen LogP contribution in [0.3, 0.4) is 0 Å². The Labute approximate surface area is 113 Å². The van der Waals surface area contributed by atoms with Gasteiger partial charge in [0.2, 0.25) is 5.88 Å². The zero-order valence-corrected chi connectivity index (χ0v) is 11.0. The van der Waals surface area contributed by atoms with Crippen LogP contribution in [0.25, 0.3) is 0 Å². The van der Waals surface area contributed by atoms with Gasteiger partial charge in [0.25, 0.3) is 0 Å². The Kier molecular flexibility index (Phi) is 5.25. The lowest BCUT2D eigenvalue weighted by atomic mass is 10.2. The van der Waals surface area contributed by atoms with Crippen molar-refractivity contribution >= 4 is 0 Å². The second-order valence-electron chi connectivity index (χ2n) is 4.23. The van der Waals surface area contributed by atoms with Gasteiger partial charge in [-0.25, -0.2) is 15.0 Å². The van der Waals surface area contributed by atoms with Crippen molar-refractivity contribution in [3.05, 3.63) is 48.2 Å². The molecule has 5 heteroatoms. The summed E-state index contributed by atoms with van der Waals surface area (Å²) in [5.41, 5.74) is 2.35. The number of methoxy groups -OCH3 is 1. The van der Waals surface area contributed by atoms with E-state index in [4.69, 9.17) is 4.74 Å². The van der Waals surface area contributed by atoms with E-state index in [0.29, 0.717) is 5.88 Å². The van der Waals surface area contributed by atoms with Gasteiger partial charge in [0.1, 0.15) is 6.33 Å². The van der Waals surface area contributed by atoms with Crippen molar-refractivity contribution in [2.75, 3.05) is 13.7 Å². The zero-order valence-electron chi connectivity index (χ0n) is 11.0. The number of rotatable bonds is 7. The van der Waals surface area contributed by atoms with Crippen LogP contribution in [-0.4, -0.2) is 28.6 Å². The number of aromatic nitrogens is 3. The Hall–Kier alpha value is -2.01. The largest absolute Gasteiger partial charge is 0.481 e. The van der Waals surface area contributed by atoms with Gasteiger partial charge in [-0.3, -0.25) is 0 Å². The number of aryl methyl sites for hydroxylation is 1. The second kappa shape index (κ2) is 7.43. The predicted octanol–water partition coefficient (Wildman–Crippen LogP) is 1.60. The first-order valence-corrected chi connectivity index (χ1v) is 6.32. The highest BCUT2D eigenvalue weighted by Gasteiger charge is 1.97. The Bertz CT molecular complexity index is 490. The SMILES string of the molecule is COc1cc(CNCCCc2cncnc2)ccn1. The molecular weight excluding hydrogens is 240 g/mol. The van der Waals surface area contributed by atoms with Gasteiger partial charge in [-0.2, -0.15) is 0 Å². The minimum Gasteiger partial charge on any atom is -0.481 e. The number of pyridine rings is 1. The highest BCUT2D eigenvalue weighted by Crippen LogP contribution is 2.08. The molecule has 0 unspecified atom stereocenters. The van der Waals surface area contributed by atoms with Gasteiger partial charge < -0.3 is 10.1 Å². The van der Waals surface area contributed by atoms with Crippen LogP contribution in [0.4, 0.5) is 0 Å². The molecule has 0 radical (unpaired) electrons. The first-order chi connectivity index (χ1) is 9.38. The van der Waals surface area contributed by atoms with Crippen molar-refractivity contribution in [1.82, 2.24) is 20.3 Å². The number of nitrogens with one attached hydrogen (secondary N) is 1. The third kappa shape index (κ3) is 4.63. The quantitative estimate of drug-likeness (QED) is 0.764. The maximum atomic E-state index is 5.09. The molecule has 19 heavy (non-hydrogen) atoms. The second-order valence-corrected chi connectivity index (χ2v) is 4.23. The zero-order chi connectivity index (χ0) is 13.3. The maximum Gasteiger partial charge on any atom is 0.213 e. The van der Waals surface area contributed by atoms with E-state index in [-0.39, 0.29) is 0 Å². The van der Waals surface area contributed by atoms with Gasteiger partial charge in [-0.15, -0.1) is 0 Å². The molecule has 2 aromatic heterocycles. The van der Waals surface area contributed by atoms with Crippen LogP contribution in [0.5, 0.6) is 5.88 Å². The molecule has 0 aromatic carbocycles. The number of ether oxygens (including phenoxy) is 1. The molecular formula is C14H18N4O. The van der Waals surface area contributed by atoms with E-state index < -0.39 is 0 Å². The Morgan fingerprint density at radius 1 is 1.21 bits per heavy atom. The molecule has 0 aliphatic heterocycles. The fraction of sp³-hybridized carbons (Fsp3) is 0.357. The Balaban J connectivity index is 1.66. The Morgan fingerprint density at radius 2 is 2.05 bits per heavy atom. The monoisotopic (exact) mass is 258 g/mol. The normalized spacial score (nSPS) is 10.4. The molecule has 2 aromatic rings. The molecule has 5 nitrogen and oxygen atoms in total. The summed E-state index contributed by atoms with van der Waals surface area (Å²) in [7, 11) is 1.63. The van der Waals surface area contributed by atoms with Gasteiger partial charge >= 0.3 is 0 Å². The molecule has 0 atom stereocenters. The average molecular weight is 258 g/mol. The summed E-state index contributed by atoms with van der Waals surface area (Å²) in [4.78, 5) is 12.1. The van der Waals surface area contributed by atoms with E-state index in [1.807, 2.05) is 24.5 Å². The van der Waals surface area contributed by atoms with E-state index in [0.717, 1.165) is 25.9 Å². The lowest BCUT2D eigenvalue weighted by Gasteiger charge is -2.06. The average Bonchev–Trinajstić information content (AvgIpc) is 2.48. The van der Waals surface area contributed by atoms with Gasteiger partial charge in [-0.05, 0) is 36.6 Å². The van der Waals surface area contributed by atoms with Crippen molar-refractivity contribution in [1.29, 1.82) is 0 Å². The molecule has 0 spiro atoms. The summed E-state index contributed by atoms with van der Waals surface area (Å²) < 4.78 is 5.09. The summed E-state index contributed by atoms with van der Waals surface area (Å²) in [6.07, 6.45) is 9.10. The van der Waals surface area contributed by atoms with Crippen LogP contribution in [-0.2, 0) is 13.0 Å². The molecule has 0 aliphatic rings. The predicted molar refractivity (Wildman–Crippen MR) is 72.8 cm³/mol. The fourth-order valence-electron chi connectivity index (χ4n) is 1.78. The summed E-state index contributed by atoms with van der Waals surface area (Å²) >= 11 is 0. The molecule has 2 heterocycles. The first kappa shape index (κ1) is 13.4. The standard InChI is InChI=1S/C14H18N4O/c1-19-14-7-12(4-6-18-14)8-15-5-2-3-13-9-16-11-17-10-13/h4,6-7,9-11,15H,2-3,5,8H2,1H3. The van der Waals surface area contributed by atoms with Crippen LogP contribution in [0.1, 0.15) is 17.5 Å². The van der Waals surface area contributed by atoms with Crippen molar-refractivity contribution in [3.8, 4) is 5.88 Å². The molecule has 0 amide bonds. The van der Waals surface area contributed by atoms with Crippen LogP contribution in [0.15, 0.2) is 37.1 Å². The van der Waals surface area contributed by atoms with Gasteiger partial charge in [0.05, 0.1) is 7.11 Å². The van der Waals surface area contributed by atoms with E-state index >= 15 is 0 Å². The molecule has 0 bridgehead atoms. The minimum absolute atomic E-state index is 0.653. The Morgan fingerprint density at radius 3 is 2.84 bits per heavy atom. The van der Waals surface area contributed by atoms with E-state index in [9.17, 15) is 0 Å². The third-order valence-corrected chi connectivity index (χ3v) is 2.77. The van der Waals surface area contributed by atoms with E-state index in [1.54, 1.807) is 19.6 Å². The van der Waals surface area contributed by atoms with Crippen molar-refractivity contribution in [3.63, 3.8) is 0 Å². The van der Waals surface area contributed by atoms with Gasteiger partial charge in [-0.1, -0.05) is 0 Å². The summed E-state index contributed by atoms with van der Waals surface area (Å²) in [6, 6.07) is 3.93. The topological polar surface area (TPSA) is 59.9 Å². The lowest BCUT2D eigenvalue weighted by Crippen LogP contribution is -2.15. The molecule has 100 valence electrons. The number of hydrogen-bond donors (Lipinski definition) is 1. The molecule has 0 aliphatic carbocycles. The highest BCUT2D eigenvalue weighted by molar-refractivity contribution is 5.20. The van der Waals surface area contributed by atoms with E-state index in [2.05, 4.69) is 20.3 Å². The molecule has 1 N–H and O–H groups in total. The van der Waals surface area contributed by atoms with Crippen LogP contribution in [0.2, 0.25) is 0 Å². The smallest absolute Gasteiger partial charge is 0.213 e. The third-order valence-electron chi connectivity index (χ3n) is 2.77. The molecule has 0 saturated carbocycles. The first-order valence-electron chi connectivity index (χ1n) is 6.32. The molecule has 2 rings (SSSR count). The van der Waals surface area contributed by atoms with Crippen LogP contribution < -0.4 is 10.1 Å². The number of hydrogen-bond acceptors (Lipinski definition) is 5. The van der Waals surface area contributed by atoms with Crippen molar-refractivity contribution in [2.24, 2.45) is 0 Å². The summed E-state index contributed by atoms with van der Waals surface area (Å²) in [5, 5.41) is 3.40. The van der Waals surface area contributed by atoms with E-state index in [1.165, 1.54) is 11.1 Å². The fourth-order valence-corrected chi connectivity index (χ4v) is 1.78. The highest BCUT2D eigenvalue weighted by atomic mass is 16.5. The van der Waals surface area contributed by atoms with Crippen molar-refractivity contribution in [2.45, 2.75) is 19.4 Å². The van der Waals surface area contributed by atoms with Crippen LogP contribution in [0, 0.1) is 0 Å². The summed E-state index contributed by atoms with van der Waals surface area (Å²) in [6.45, 7) is 1.78. The van der Waals surface area contributed by atoms with Crippen LogP contribution >= 0.6 is 0 Å². The maximum absolute atomic E-state index is 5.09. The number of nitrogens with zero attached hydrogens (tertiary/aromatic N) is 3. The van der Waals surface area contributed by atoms with Gasteiger partial charge in [0.15, 0.2) is 0 Å². The molecule has 0 fully saturated rings.